The van der Waals surface area contributed by atoms with Crippen LogP contribution in [0, 0.1) is 5.82 Å². The molecule has 1 aliphatic rings. The van der Waals surface area contributed by atoms with Crippen LogP contribution >= 0.6 is 23.1 Å². The Hall–Kier alpha value is -2.56. The first-order valence-corrected chi connectivity index (χ1v) is 12.5. The lowest BCUT2D eigenvalue weighted by molar-refractivity contribution is 0.167. The first-order chi connectivity index (χ1) is 15.6. The molecule has 1 aromatic carbocycles. The highest BCUT2D eigenvalue weighted by Crippen LogP contribution is 2.30. The Morgan fingerprint density at radius 3 is 2.72 bits per heavy atom. The van der Waals surface area contributed by atoms with Crippen LogP contribution in [-0.2, 0) is 5.75 Å². The van der Waals surface area contributed by atoms with Gasteiger partial charge in [-0.2, -0.15) is 0 Å². The summed E-state index contributed by atoms with van der Waals surface area (Å²) in [6, 6.07) is 8.04. The molecule has 166 valence electrons. The second-order valence-corrected chi connectivity index (χ2v) is 9.67. The van der Waals surface area contributed by atoms with Gasteiger partial charge in [0.05, 0.1) is 11.7 Å². The monoisotopic (exact) mass is 470 g/mol. The Morgan fingerprint density at radius 1 is 1.16 bits per heavy atom. The molecule has 0 bridgehead atoms. The third-order valence-electron chi connectivity index (χ3n) is 5.76. The van der Waals surface area contributed by atoms with Gasteiger partial charge in [0.1, 0.15) is 5.82 Å². The molecule has 0 amide bonds. The molecular weight excluding hydrogens is 447 g/mol. The summed E-state index contributed by atoms with van der Waals surface area (Å²) in [6.07, 6.45) is 5.36. The molecule has 7 nitrogen and oxygen atoms in total. The van der Waals surface area contributed by atoms with E-state index < -0.39 is 0 Å². The number of thioether (sulfide) groups is 1. The minimum Gasteiger partial charge on any atom is -0.294 e. The number of fused-ring (bicyclic) bond motifs is 1. The summed E-state index contributed by atoms with van der Waals surface area (Å²) >= 11 is 2.91. The van der Waals surface area contributed by atoms with Crippen LogP contribution < -0.4 is 5.56 Å². The molecule has 0 unspecified atom stereocenters. The summed E-state index contributed by atoms with van der Waals surface area (Å²) < 4.78 is 17.1. The average Bonchev–Trinajstić information content (AvgIpc) is 3.46. The summed E-state index contributed by atoms with van der Waals surface area (Å²) in [6.45, 7) is 4.22. The van der Waals surface area contributed by atoms with E-state index in [4.69, 9.17) is 0 Å². The SMILES string of the molecule is C[C@@H](c1nnc(SCc2cc(=O)n3ccsc3n2)n1-c1ccc(F)cc1)N1CCCCC1. The lowest BCUT2D eigenvalue weighted by atomic mass is 10.1. The van der Waals surface area contributed by atoms with Crippen LogP contribution in [0.5, 0.6) is 0 Å². The van der Waals surface area contributed by atoms with Gasteiger partial charge in [0, 0.05) is 29.1 Å². The maximum Gasteiger partial charge on any atom is 0.258 e. The molecule has 0 saturated carbocycles. The van der Waals surface area contributed by atoms with Crippen molar-refractivity contribution < 1.29 is 4.39 Å². The summed E-state index contributed by atoms with van der Waals surface area (Å²) in [4.78, 5) is 20.0. The Kier molecular flexibility index (Phi) is 6.07. The number of halogens is 1. The van der Waals surface area contributed by atoms with E-state index in [0.29, 0.717) is 21.6 Å². The standard InChI is InChI=1S/C22H23FN6OS2/c1-15(27-9-3-2-4-10-27)20-25-26-22(29(20)18-7-5-16(23)6-8-18)32-14-17-13-19(30)28-11-12-31-21(28)24-17/h5-8,11-13,15H,2-4,9-10,14H2,1H3/t15-/m0/s1. The van der Waals surface area contributed by atoms with E-state index in [2.05, 4.69) is 27.0 Å². The fourth-order valence-electron chi connectivity index (χ4n) is 4.05. The predicted molar refractivity (Wildman–Crippen MR) is 124 cm³/mol. The molecule has 4 heterocycles. The Morgan fingerprint density at radius 2 is 1.94 bits per heavy atom. The van der Waals surface area contributed by atoms with Gasteiger partial charge in [-0.25, -0.2) is 9.37 Å². The predicted octanol–water partition coefficient (Wildman–Crippen LogP) is 4.32. The maximum absolute atomic E-state index is 13.6. The van der Waals surface area contributed by atoms with Crippen molar-refractivity contribution in [2.45, 2.75) is 43.1 Å². The molecule has 32 heavy (non-hydrogen) atoms. The molecule has 0 N–H and O–H groups in total. The average molecular weight is 471 g/mol. The summed E-state index contributed by atoms with van der Waals surface area (Å²) in [7, 11) is 0. The van der Waals surface area contributed by atoms with Crippen LogP contribution in [0.1, 0.15) is 43.7 Å². The molecule has 10 heteroatoms. The molecule has 4 aromatic rings. The molecule has 3 aromatic heterocycles. The lowest BCUT2D eigenvalue weighted by Gasteiger charge is -2.31. The van der Waals surface area contributed by atoms with Gasteiger partial charge < -0.3 is 0 Å². The number of rotatable bonds is 6. The van der Waals surface area contributed by atoms with Crippen molar-refractivity contribution in [3.63, 3.8) is 0 Å². The second kappa shape index (κ2) is 9.13. The highest BCUT2D eigenvalue weighted by atomic mass is 32.2. The van der Waals surface area contributed by atoms with Crippen LogP contribution in [0.4, 0.5) is 4.39 Å². The van der Waals surface area contributed by atoms with Crippen molar-refractivity contribution in [2.75, 3.05) is 13.1 Å². The molecular formula is C22H23FN6OS2. The number of piperidine rings is 1. The van der Waals surface area contributed by atoms with E-state index in [0.717, 1.165) is 24.6 Å². The quantitative estimate of drug-likeness (QED) is 0.391. The number of thiazole rings is 1. The van der Waals surface area contributed by atoms with E-state index in [-0.39, 0.29) is 17.4 Å². The largest absolute Gasteiger partial charge is 0.294 e. The number of hydrogen-bond donors (Lipinski definition) is 0. The molecule has 1 atom stereocenters. The number of benzene rings is 1. The van der Waals surface area contributed by atoms with E-state index in [1.54, 1.807) is 24.4 Å². The number of aromatic nitrogens is 5. The van der Waals surface area contributed by atoms with E-state index >= 15 is 0 Å². The van der Waals surface area contributed by atoms with Crippen LogP contribution in [-0.4, -0.2) is 42.1 Å². The minimum absolute atomic E-state index is 0.0902. The van der Waals surface area contributed by atoms with Gasteiger partial charge in [-0.05, 0) is 57.1 Å². The highest BCUT2D eigenvalue weighted by Gasteiger charge is 2.25. The van der Waals surface area contributed by atoms with Crippen molar-refractivity contribution in [1.82, 2.24) is 29.0 Å². The number of nitrogens with zero attached hydrogens (tertiary/aromatic N) is 6. The third-order valence-corrected chi connectivity index (χ3v) is 7.48. The zero-order chi connectivity index (χ0) is 22.1. The van der Waals surface area contributed by atoms with Gasteiger partial charge in [0.2, 0.25) is 0 Å². The van der Waals surface area contributed by atoms with Crippen molar-refractivity contribution in [3.05, 3.63) is 69.6 Å². The topological polar surface area (TPSA) is 68.3 Å². The Bertz CT molecular complexity index is 1280. The number of likely N-dealkylation sites (tertiary alicyclic amines) is 1. The molecule has 1 aliphatic heterocycles. The fraction of sp³-hybridized carbons (Fsp3) is 0.364. The molecule has 5 rings (SSSR count). The molecule has 0 spiro atoms. The molecule has 1 saturated heterocycles. The maximum atomic E-state index is 13.6. The Balaban J connectivity index is 1.47. The van der Waals surface area contributed by atoms with E-state index in [1.807, 2.05) is 9.95 Å². The van der Waals surface area contributed by atoms with Gasteiger partial charge in [-0.1, -0.05) is 18.2 Å². The minimum atomic E-state index is -0.282. The van der Waals surface area contributed by atoms with Gasteiger partial charge in [0.15, 0.2) is 15.9 Å². The third kappa shape index (κ3) is 4.22. The highest BCUT2D eigenvalue weighted by molar-refractivity contribution is 7.98. The van der Waals surface area contributed by atoms with E-state index in [9.17, 15) is 9.18 Å². The van der Waals surface area contributed by atoms with Gasteiger partial charge >= 0.3 is 0 Å². The molecule has 1 fully saturated rings. The van der Waals surface area contributed by atoms with Crippen LogP contribution in [0.3, 0.4) is 0 Å². The summed E-state index contributed by atoms with van der Waals surface area (Å²) in [5, 5.41) is 11.5. The summed E-state index contributed by atoms with van der Waals surface area (Å²) in [5.41, 5.74) is 1.42. The fourth-order valence-corrected chi connectivity index (χ4v) is 5.64. The first-order valence-electron chi connectivity index (χ1n) is 10.6. The van der Waals surface area contributed by atoms with Crippen LogP contribution in [0.2, 0.25) is 0 Å². The van der Waals surface area contributed by atoms with Crippen LogP contribution in [0.15, 0.2) is 51.9 Å². The van der Waals surface area contributed by atoms with Crippen molar-refractivity contribution >= 4 is 28.1 Å². The van der Waals surface area contributed by atoms with Gasteiger partial charge in [0.25, 0.3) is 5.56 Å². The second-order valence-electron chi connectivity index (χ2n) is 7.86. The van der Waals surface area contributed by atoms with Gasteiger partial charge in [-0.15, -0.1) is 21.5 Å². The smallest absolute Gasteiger partial charge is 0.258 e. The van der Waals surface area contributed by atoms with Crippen molar-refractivity contribution in [1.29, 1.82) is 0 Å². The normalized spacial score (nSPS) is 15.9. The summed E-state index contributed by atoms with van der Waals surface area (Å²) in [5.74, 6) is 1.04. The molecule has 0 aliphatic carbocycles. The zero-order valence-electron chi connectivity index (χ0n) is 17.6. The number of hydrogen-bond acceptors (Lipinski definition) is 7. The molecule has 0 radical (unpaired) electrons. The van der Waals surface area contributed by atoms with Crippen LogP contribution in [0.25, 0.3) is 10.6 Å². The lowest BCUT2D eigenvalue weighted by Crippen LogP contribution is -2.33. The first kappa shape index (κ1) is 21.3. The van der Waals surface area contributed by atoms with E-state index in [1.165, 1.54) is 58.9 Å². The Labute approximate surface area is 192 Å². The zero-order valence-corrected chi connectivity index (χ0v) is 19.3. The van der Waals surface area contributed by atoms with Gasteiger partial charge in [-0.3, -0.25) is 18.7 Å². The van der Waals surface area contributed by atoms with Crippen molar-refractivity contribution in [3.8, 4) is 5.69 Å². The van der Waals surface area contributed by atoms with Crippen molar-refractivity contribution in [2.24, 2.45) is 0 Å².